The van der Waals surface area contributed by atoms with Gasteiger partial charge in [0.15, 0.2) is 9.84 Å². The SMILES string of the molecule is CN(Cc1ccccc1)C(=O)c1ccc(NC(=O)N[C@H]2CCS(=O)(=O)C2)cc1. The van der Waals surface area contributed by atoms with Crippen LogP contribution in [0.25, 0.3) is 0 Å². The minimum absolute atomic E-state index is 0.0262. The van der Waals surface area contributed by atoms with Crippen LogP contribution in [0.4, 0.5) is 10.5 Å². The molecule has 2 aromatic rings. The Bertz CT molecular complexity index is 943. The lowest BCUT2D eigenvalue weighted by atomic mass is 10.1. The van der Waals surface area contributed by atoms with E-state index in [1.165, 1.54) is 0 Å². The van der Waals surface area contributed by atoms with E-state index in [4.69, 9.17) is 0 Å². The molecule has 1 atom stereocenters. The molecule has 0 bridgehead atoms. The van der Waals surface area contributed by atoms with E-state index >= 15 is 0 Å². The van der Waals surface area contributed by atoms with Crippen LogP contribution in [-0.4, -0.2) is 49.9 Å². The van der Waals surface area contributed by atoms with E-state index in [9.17, 15) is 18.0 Å². The zero-order valence-electron chi connectivity index (χ0n) is 15.6. The van der Waals surface area contributed by atoms with Crippen molar-refractivity contribution in [3.63, 3.8) is 0 Å². The lowest BCUT2D eigenvalue weighted by molar-refractivity contribution is 0.0785. The van der Waals surface area contributed by atoms with E-state index in [1.54, 1.807) is 36.2 Å². The molecule has 2 N–H and O–H groups in total. The lowest BCUT2D eigenvalue weighted by Crippen LogP contribution is -2.38. The van der Waals surface area contributed by atoms with Crippen molar-refractivity contribution in [2.45, 2.75) is 19.0 Å². The second-order valence-electron chi connectivity index (χ2n) is 6.92. The molecule has 1 aliphatic heterocycles. The summed E-state index contributed by atoms with van der Waals surface area (Å²) in [5.41, 5.74) is 2.09. The number of rotatable bonds is 5. The van der Waals surface area contributed by atoms with Crippen LogP contribution < -0.4 is 10.6 Å². The highest BCUT2D eigenvalue weighted by molar-refractivity contribution is 7.91. The maximum absolute atomic E-state index is 12.5. The summed E-state index contributed by atoms with van der Waals surface area (Å²) < 4.78 is 22.9. The first-order valence-electron chi connectivity index (χ1n) is 9.00. The van der Waals surface area contributed by atoms with Crippen molar-refractivity contribution in [3.05, 3.63) is 65.7 Å². The van der Waals surface area contributed by atoms with Crippen molar-refractivity contribution >= 4 is 27.5 Å². The first-order valence-corrected chi connectivity index (χ1v) is 10.8. The van der Waals surface area contributed by atoms with Crippen molar-refractivity contribution in [2.24, 2.45) is 0 Å². The molecule has 148 valence electrons. The van der Waals surface area contributed by atoms with Gasteiger partial charge in [0.1, 0.15) is 0 Å². The highest BCUT2D eigenvalue weighted by Gasteiger charge is 2.28. The number of nitrogens with zero attached hydrogens (tertiary/aromatic N) is 1. The third kappa shape index (κ3) is 5.32. The Morgan fingerprint density at radius 1 is 1.07 bits per heavy atom. The van der Waals surface area contributed by atoms with Gasteiger partial charge in [-0.3, -0.25) is 4.79 Å². The van der Waals surface area contributed by atoms with Crippen LogP contribution in [0.15, 0.2) is 54.6 Å². The van der Waals surface area contributed by atoms with Gasteiger partial charge in [0, 0.05) is 30.9 Å². The average Bonchev–Trinajstić information content (AvgIpc) is 3.00. The van der Waals surface area contributed by atoms with Gasteiger partial charge in [0.2, 0.25) is 0 Å². The average molecular weight is 401 g/mol. The van der Waals surface area contributed by atoms with Crippen LogP contribution >= 0.6 is 0 Å². The summed E-state index contributed by atoms with van der Waals surface area (Å²) in [5, 5.41) is 5.32. The fourth-order valence-corrected chi connectivity index (χ4v) is 4.78. The highest BCUT2D eigenvalue weighted by Crippen LogP contribution is 2.14. The van der Waals surface area contributed by atoms with Gasteiger partial charge in [-0.25, -0.2) is 13.2 Å². The smallest absolute Gasteiger partial charge is 0.319 e. The molecule has 0 radical (unpaired) electrons. The van der Waals surface area contributed by atoms with E-state index < -0.39 is 15.9 Å². The number of anilines is 1. The predicted octanol–water partition coefficient (Wildman–Crippen LogP) is 2.27. The molecular formula is C20H23N3O4S. The normalized spacial score (nSPS) is 17.7. The van der Waals surface area contributed by atoms with Crippen molar-refractivity contribution in [1.82, 2.24) is 10.2 Å². The number of amides is 3. The molecule has 0 aliphatic carbocycles. The van der Waals surface area contributed by atoms with E-state index in [-0.39, 0.29) is 23.5 Å². The van der Waals surface area contributed by atoms with Gasteiger partial charge in [-0.05, 0) is 36.2 Å². The fourth-order valence-electron chi connectivity index (χ4n) is 3.11. The number of hydrogen-bond donors (Lipinski definition) is 2. The van der Waals surface area contributed by atoms with Gasteiger partial charge >= 0.3 is 6.03 Å². The third-order valence-corrected chi connectivity index (χ3v) is 6.33. The van der Waals surface area contributed by atoms with Gasteiger partial charge in [0.05, 0.1) is 11.5 Å². The summed E-state index contributed by atoms with van der Waals surface area (Å²) >= 11 is 0. The largest absolute Gasteiger partial charge is 0.337 e. The van der Waals surface area contributed by atoms with Crippen LogP contribution in [0.5, 0.6) is 0 Å². The van der Waals surface area contributed by atoms with Crippen LogP contribution in [0, 0.1) is 0 Å². The quantitative estimate of drug-likeness (QED) is 0.803. The second kappa shape index (κ2) is 8.43. The van der Waals surface area contributed by atoms with Crippen molar-refractivity contribution in [2.75, 3.05) is 23.9 Å². The number of nitrogens with one attached hydrogen (secondary N) is 2. The number of carbonyl (C=O) groups is 2. The number of hydrogen-bond acceptors (Lipinski definition) is 4. The Balaban J connectivity index is 1.54. The molecular weight excluding hydrogens is 378 g/mol. The summed E-state index contributed by atoms with van der Waals surface area (Å²) in [6.45, 7) is 0.506. The lowest BCUT2D eigenvalue weighted by Gasteiger charge is -2.17. The molecule has 7 nitrogen and oxygen atoms in total. The van der Waals surface area contributed by atoms with Crippen LogP contribution in [-0.2, 0) is 16.4 Å². The van der Waals surface area contributed by atoms with E-state index in [2.05, 4.69) is 10.6 Å². The molecule has 0 saturated carbocycles. The van der Waals surface area contributed by atoms with Crippen molar-refractivity contribution in [1.29, 1.82) is 0 Å². The summed E-state index contributed by atoms with van der Waals surface area (Å²) in [7, 11) is -1.30. The molecule has 3 amide bonds. The van der Waals surface area contributed by atoms with Gasteiger partial charge in [-0.2, -0.15) is 0 Å². The molecule has 8 heteroatoms. The Labute approximate surface area is 164 Å². The number of carbonyl (C=O) groups excluding carboxylic acids is 2. The van der Waals surface area contributed by atoms with Gasteiger partial charge in [-0.15, -0.1) is 0 Å². The monoisotopic (exact) mass is 401 g/mol. The second-order valence-corrected chi connectivity index (χ2v) is 9.15. The molecule has 3 rings (SSSR count). The Morgan fingerprint density at radius 3 is 2.36 bits per heavy atom. The molecule has 28 heavy (non-hydrogen) atoms. The Morgan fingerprint density at radius 2 is 1.75 bits per heavy atom. The molecule has 0 aromatic heterocycles. The summed E-state index contributed by atoms with van der Waals surface area (Å²) in [6, 6.07) is 15.5. The molecule has 1 saturated heterocycles. The molecule has 1 aliphatic rings. The van der Waals surface area contributed by atoms with Crippen molar-refractivity contribution in [3.8, 4) is 0 Å². The van der Waals surface area contributed by atoms with E-state index in [0.29, 0.717) is 24.2 Å². The molecule has 0 spiro atoms. The predicted molar refractivity (Wildman–Crippen MR) is 108 cm³/mol. The summed E-state index contributed by atoms with van der Waals surface area (Å²) in [4.78, 5) is 26.2. The topological polar surface area (TPSA) is 95.6 Å². The number of urea groups is 1. The van der Waals surface area contributed by atoms with Crippen LogP contribution in [0.3, 0.4) is 0 Å². The van der Waals surface area contributed by atoms with Gasteiger partial charge in [-0.1, -0.05) is 30.3 Å². The van der Waals surface area contributed by atoms with Crippen LogP contribution in [0.1, 0.15) is 22.3 Å². The standard InChI is InChI=1S/C20H23N3O4S/c1-23(13-15-5-3-2-4-6-15)19(24)16-7-9-17(10-8-16)21-20(25)22-18-11-12-28(26,27)14-18/h2-10,18H,11-14H2,1H3,(H2,21,22,25)/t18-/m0/s1. The first-order chi connectivity index (χ1) is 13.3. The van der Waals surface area contributed by atoms with E-state index in [0.717, 1.165) is 5.56 Å². The summed E-state index contributed by atoms with van der Waals surface area (Å²) in [6.07, 6.45) is 0.428. The highest BCUT2D eigenvalue weighted by atomic mass is 32.2. The molecule has 2 aromatic carbocycles. The minimum Gasteiger partial charge on any atom is -0.337 e. The van der Waals surface area contributed by atoms with Gasteiger partial charge < -0.3 is 15.5 Å². The Kier molecular flexibility index (Phi) is 5.99. The zero-order valence-corrected chi connectivity index (χ0v) is 16.4. The summed E-state index contributed by atoms with van der Waals surface area (Å²) in [5.74, 6) is -0.0385. The third-order valence-electron chi connectivity index (χ3n) is 4.57. The van der Waals surface area contributed by atoms with Crippen LogP contribution in [0.2, 0.25) is 0 Å². The first kappa shape index (κ1) is 19.9. The molecule has 0 unspecified atom stereocenters. The maximum atomic E-state index is 12.5. The fraction of sp³-hybridized carbons (Fsp3) is 0.300. The molecule has 1 heterocycles. The number of sulfone groups is 1. The minimum atomic E-state index is -3.04. The Hall–Kier alpha value is -2.87. The number of benzene rings is 2. The maximum Gasteiger partial charge on any atom is 0.319 e. The van der Waals surface area contributed by atoms with Crippen molar-refractivity contribution < 1.29 is 18.0 Å². The molecule has 1 fully saturated rings. The van der Waals surface area contributed by atoms with E-state index in [1.807, 2.05) is 30.3 Å². The van der Waals surface area contributed by atoms with Gasteiger partial charge in [0.25, 0.3) is 5.91 Å². The zero-order chi connectivity index (χ0) is 20.1.